The Morgan fingerprint density at radius 3 is 1.76 bits per heavy atom. The molecule has 1 unspecified atom stereocenters. The van der Waals surface area contributed by atoms with Gasteiger partial charge >= 0.3 is 17.9 Å². The summed E-state index contributed by atoms with van der Waals surface area (Å²) in [5.41, 5.74) is 4.69. The fourth-order valence-corrected chi connectivity index (χ4v) is 4.61. The average Bonchev–Trinajstić information content (AvgIpc) is 3.58. The fourth-order valence-electron chi connectivity index (χ4n) is 4.61. The third-order valence-corrected chi connectivity index (χ3v) is 6.66. The van der Waals surface area contributed by atoms with Crippen LogP contribution in [0.3, 0.4) is 0 Å². The quantitative estimate of drug-likeness (QED) is 0.492. The smallest absolute Gasteiger partial charge is 0.414 e. The third kappa shape index (κ3) is 6.23. The number of nitrogens with zero attached hydrogens (tertiary/aromatic N) is 1. The molecule has 34 heavy (non-hydrogen) atoms. The Labute approximate surface area is 200 Å². The highest BCUT2D eigenvalue weighted by atomic mass is 16.5. The van der Waals surface area contributed by atoms with E-state index in [2.05, 4.69) is 67.3 Å². The minimum absolute atomic E-state index is 0.0434. The number of carboxylic acids is 2. The van der Waals surface area contributed by atoms with E-state index in [0.29, 0.717) is 6.61 Å². The lowest BCUT2D eigenvalue weighted by atomic mass is 9.85. The van der Waals surface area contributed by atoms with Crippen LogP contribution in [0.4, 0.5) is 0 Å². The fraction of sp³-hybridized carbons (Fsp3) is 0.444. The van der Waals surface area contributed by atoms with Crippen molar-refractivity contribution in [3.05, 3.63) is 70.8 Å². The molecule has 4 rings (SSSR count). The van der Waals surface area contributed by atoms with Crippen molar-refractivity contribution >= 4 is 17.9 Å². The number of carbonyl (C=O) groups excluding carboxylic acids is 1. The summed E-state index contributed by atoms with van der Waals surface area (Å²) < 4.78 is 5.73. The van der Waals surface area contributed by atoms with Gasteiger partial charge in [-0.05, 0) is 57.3 Å². The van der Waals surface area contributed by atoms with Crippen LogP contribution in [0.2, 0.25) is 0 Å². The summed E-state index contributed by atoms with van der Waals surface area (Å²) in [5.74, 6) is -3.78. The first-order valence-electron chi connectivity index (χ1n) is 11.7. The molecule has 0 amide bonds. The minimum atomic E-state index is -1.82. The Bertz CT molecular complexity index is 935. The summed E-state index contributed by atoms with van der Waals surface area (Å²) in [4.78, 5) is 33.5. The van der Waals surface area contributed by atoms with Gasteiger partial charge in [0.05, 0.1) is 5.92 Å². The van der Waals surface area contributed by atoms with Crippen LogP contribution in [0.15, 0.2) is 48.5 Å². The molecule has 7 heteroatoms. The zero-order chi connectivity index (χ0) is 24.7. The van der Waals surface area contributed by atoms with Crippen LogP contribution in [-0.4, -0.2) is 59.3 Å². The van der Waals surface area contributed by atoms with Crippen molar-refractivity contribution in [2.24, 2.45) is 5.92 Å². The Morgan fingerprint density at radius 1 is 0.853 bits per heavy atom. The Morgan fingerprint density at radius 2 is 1.32 bits per heavy atom. The van der Waals surface area contributed by atoms with Crippen molar-refractivity contribution in [1.29, 1.82) is 0 Å². The number of benzene rings is 2. The van der Waals surface area contributed by atoms with Gasteiger partial charge in [0.2, 0.25) is 0 Å². The molecule has 0 aromatic heterocycles. The van der Waals surface area contributed by atoms with Gasteiger partial charge in [-0.25, -0.2) is 9.59 Å². The zero-order valence-corrected chi connectivity index (χ0v) is 19.8. The number of aryl methyl sites for hydroxylation is 2. The number of hydrogen-bond donors (Lipinski definition) is 2. The molecule has 1 aliphatic carbocycles. The number of carboxylic acid groups (broad SMARTS) is 2. The number of rotatable bonds is 6. The highest BCUT2D eigenvalue weighted by molar-refractivity contribution is 6.27. The second-order valence-electron chi connectivity index (χ2n) is 9.14. The predicted octanol–water partition coefficient (Wildman–Crippen LogP) is 3.79. The van der Waals surface area contributed by atoms with Gasteiger partial charge in [-0.15, -0.1) is 0 Å². The molecular formula is C27H33NO6. The molecule has 0 radical (unpaired) electrons. The lowest BCUT2D eigenvalue weighted by Crippen LogP contribution is -2.33. The standard InChI is InChI=1S/C25H31NO2.C2H2O4/c1-19-6-10-21(11-7-19)25(22-12-8-20(2)9-13-22)18-23(25)24(27)28-17-16-26-14-4-3-5-15-26;3-1(4)2(5)6/h6-13,23H,3-5,14-18H2,1-2H3;(H,3,4)(H,5,6). The van der Waals surface area contributed by atoms with Gasteiger partial charge in [0.25, 0.3) is 0 Å². The van der Waals surface area contributed by atoms with Gasteiger partial charge in [0.1, 0.15) is 6.61 Å². The van der Waals surface area contributed by atoms with Crippen LogP contribution in [0.5, 0.6) is 0 Å². The highest BCUT2D eigenvalue weighted by Crippen LogP contribution is 2.59. The SMILES string of the molecule is Cc1ccc(C2(c3ccc(C)cc3)CC2C(=O)OCCN2CCCCC2)cc1.O=C(O)C(=O)O. The van der Waals surface area contributed by atoms with E-state index in [9.17, 15) is 4.79 Å². The summed E-state index contributed by atoms with van der Waals surface area (Å²) in [6.45, 7) is 7.84. The highest BCUT2D eigenvalue weighted by Gasteiger charge is 2.61. The Kier molecular flexibility index (Phi) is 8.45. The number of aliphatic carboxylic acids is 2. The molecule has 2 aromatic carbocycles. The van der Waals surface area contributed by atoms with Crippen LogP contribution in [0, 0.1) is 19.8 Å². The number of esters is 1. The molecule has 1 heterocycles. The topological polar surface area (TPSA) is 104 Å². The van der Waals surface area contributed by atoms with E-state index in [1.165, 1.54) is 41.5 Å². The molecule has 2 fully saturated rings. The van der Waals surface area contributed by atoms with Crippen molar-refractivity contribution < 1.29 is 29.3 Å². The second kappa shape index (κ2) is 11.3. The van der Waals surface area contributed by atoms with Gasteiger partial charge in [0.15, 0.2) is 0 Å². The Hall–Kier alpha value is -3.19. The molecule has 1 saturated heterocycles. The summed E-state index contributed by atoms with van der Waals surface area (Å²) >= 11 is 0. The Balaban J connectivity index is 0.000000481. The lowest BCUT2D eigenvalue weighted by Gasteiger charge is -2.26. The van der Waals surface area contributed by atoms with Gasteiger partial charge in [-0.3, -0.25) is 9.69 Å². The average molecular weight is 468 g/mol. The summed E-state index contributed by atoms with van der Waals surface area (Å²) in [7, 11) is 0. The number of hydrogen-bond acceptors (Lipinski definition) is 5. The lowest BCUT2D eigenvalue weighted by molar-refractivity contribution is -0.159. The molecule has 0 bridgehead atoms. The van der Waals surface area contributed by atoms with Crippen molar-refractivity contribution in [3.8, 4) is 0 Å². The van der Waals surface area contributed by atoms with Crippen LogP contribution >= 0.6 is 0 Å². The summed E-state index contributed by atoms with van der Waals surface area (Å²) in [6, 6.07) is 17.3. The van der Waals surface area contributed by atoms with E-state index in [-0.39, 0.29) is 17.3 Å². The molecule has 1 saturated carbocycles. The van der Waals surface area contributed by atoms with Crippen LogP contribution in [-0.2, 0) is 24.5 Å². The van der Waals surface area contributed by atoms with E-state index in [1.807, 2.05) is 0 Å². The molecule has 0 spiro atoms. The van der Waals surface area contributed by atoms with E-state index in [0.717, 1.165) is 26.1 Å². The number of carbonyl (C=O) groups is 3. The second-order valence-corrected chi connectivity index (χ2v) is 9.14. The minimum Gasteiger partial charge on any atom is -0.473 e. The van der Waals surface area contributed by atoms with Crippen molar-refractivity contribution in [2.45, 2.75) is 44.9 Å². The third-order valence-electron chi connectivity index (χ3n) is 6.66. The predicted molar refractivity (Wildman–Crippen MR) is 128 cm³/mol. The zero-order valence-electron chi connectivity index (χ0n) is 19.8. The molecule has 2 aromatic rings. The molecular weight excluding hydrogens is 434 g/mol. The molecule has 182 valence electrons. The molecule has 2 aliphatic rings. The first-order chi connectivity index (χ1) is 16.2. The van der Waals surface area contributed by atoms with Crippen molar-refractivity contribution in [3.63, 3.8) is 0 Å². The first-order valence-corrected chi connectivity index (χ1v) is 11.7. The van der Waals surface area contributed by atoms with Crippen molar-refractivity contribution in [1.82, 2.24) is 4.90 Å². The van der Waals surface area contributed by atoms with E-state index < -0.39 is 11.9 Å². The number of likely N-dealkylation sites (tertiary alicyclic amines) is 1. The monoisotopic (exact) mass is 467 g/mol. The van der Waals surface area contributed by atoms with Gasteiger partial charge < -0.3 is 14.9 Å². The van der Waals surface area contributed by atoms with E-state index in [1.54, 1.807) is 0 Å². The maximum Gasteiger partial charge on any atom is 0.414 e. The van der Waals surface area contributed by atoms with Crippen LogP contribution in [0.25, 0.3) is 0 Å². The maximum absolute atomic E-state index is 12.9. The largest absolute Gasteiger partial charge is 0.473 e. The molecule has 1 aliphatic heterocycles. The normalized spacial score (nSPS) is 18.8. The summed E-state index contributed by atoms with van der Waals surface area (Å²) in [5, 5.41) is 14.8. The molecule has 1 atom stereocenters. The number of piperidine rings is 1. The van der Waals surface area contributed by atoms with E-state index in [4.69, 9.17) is 24.5 Å². The van der Waals surface area contributed by atoms with Crippen molar-refractivity contribution in [2.75, 3.05) is 26.2 Å². The van der Waals surface area contributed by atoms with Crippen LogP contribution < -0.4 is 0 Å². The maximum atomic E-state index is 12.9. The first kappa shape index (κ1) is 25.4. The molecule has 7 nitrogen and oxygen atoms in total. The van der Waals surface area contributed by atoms with E-state index >= 15 is 0 Å². The molecule has 2 N–H and O–H groups in total. The van der Waals surface area contributed by atoms with Crippen LogP contribution in [0.1, 0.15) is 47.9 Å². The van der Waals surface area contributed by atoms with Gasteiger partial charge in [-0.2, -0.15) is 0 Å². The number of ether oxygens (including phenoxy) is 1. The summed E-state index contributed by atoms with van der Waals surface area (Å²) in [6.07, 6.45) is 4.69. The van der Waals surface area contributed by atoms with Gasteiger partial charge in [-0.1, -0.05) is 66.1 Å². The van der Waals surface area contributed by atoms with Gasteiger partial charge in [0, 0.05) is 12.0 Å².